The maximum absolute atomic E-state index is 11.5. The highest BCUT2D eigenvalue weighted by atomic mass is 16.6. The molecule has 15 heavy (non-hydrogen) atoms. The summed E-state index contributed by atoms with van der Waals surface area (Å²) in [5.41, 5.74) is 0. The number of carbonyl (C=O) groups excluding carboxylic acids is 2. The van der Waals surface area contributed by atoms with Crippen LogP contribution < -0.4 is 0 Å². The first-order chi connectivity index (χ1) is 7.08. The van der Waals surface area contributed by atoms with Gasteiger partial charge in [0.15, 0.2) is 5.92 Å². The van der Waals surface area contributed by atoms with E-state index in [-0.39, 0.29) is 19.1 Å². The van der Waals surface area contributed by atoms with Gasteiger partial charge in [-0.05, 0) is 19.8 Å². The zero-order valence-electron chi connectivity index (χ0n) is 9.91. The molecule has 0 saturated heterocycles. The van der Waals surface area contributed by atoms with Crippen molar-refractivity contribution >= 4 is 11.9 Å². The predicted molar refractivity (Wildman–Crippen MR) is 56.2 cm³/mol. The Morgan fingerprint density at radius 3 is 1.67 bits per heavy atom. The van der Waals surface area contributed by atoms with Crippen LogP contribution in [0.25, 0.3) is 0 Å². The van der Waals surface area contributed by atoms with Crippen LogP contribution in [0.5, 0.6) is 0 Å². The molecule has 4 heteroatoms. The van der Waals surface area contributed by atoms with Crippen LogP contribution in [-0.4, -0.2) is 25.2 Å². The molecule has 0 saturated carbocycles. The average molecular weight is 216 g/mol. The third kappa shape index (κ3) is 4.32. The van der Waals surface area contributed by atoms with E-state index in [1.165, 1.54) is 0 Å². The summed E-state index contributed by atoms with van der Waals surface area (Å²) in [4.78, 5) is 23.1. The van der Waals surface area contributed by atoms with Crippen LogP contribution in [0.15, 0.2) is 0 Å². The molecule has 0 N–H and O–H groups in total. The van der Waals surface area contributed by atoms with Crippen LogP contribution in [0.4, 0.5) is 0 Å². The fourth-order valence-electron chi connectivity index (χ4n) is 1.26. The molecule has 0 fully saturated rings. The Morgan fingerprint density at radius 1 is 1.00 bits per heavy atom. The van der Waals surface area contributed by atoms with Gasteiger partial charge >= 0.3 is 11.9 Å². The van der Waals surface area contributed by atoms with E-state index in [9.17, 15) is 9.59 Å². The van der Waals surface area contributed by atoms with Crippen LogP contribution in [0.3, 0.4) is 0 Å². The minimum absolute atomic E-state index is 0.0527. The summed E-state index contributed by atoms with van der Waals surface area (Å²) in [5, 5.41) is 0. The van der Waals surface area contributed by atoms with E-state index in [0.29, 0.717) is 0 Å². The molecule has 0 spiro atoms. The zero-order chi connectivity index (χ0) is 11.8. The van der Waals surface area contributed by atoms with Crippen molar-refractivity contribution < 1.29 is 19.1 Å². The van der Waals surface area contributed by atoms with Crippen LogP contribution in [0.2, 0.25) is 0 Å². The molecule has 0 rings (SSSR count). The van der Waals surface area contributed by atoms with E-state index >= 15 is 0 Å². The number of rotatable bonds is 6. The van der Waals surface area contributed by atoms with E-state index in [0.717, 1.165) is 6.42 Å². The molecule has 1 atom stereocenters. The van der Waals surface area contributed by atoms with E-state index in [1.54, 1.807) is 13.8 Å². The Kier molecular flexibility index (Phi) is 6.75. The lowest BCUT2D eigenvalue weighted by molar-refractivity contribution is -0.164. The number of hydrogen-bond acceptors (Lipinski definition) is 4. The number of ether oxygens (including phenoxy) is 2. The van der Waals surface area contributed by atoms with Crippen LogP contribution in [0, 0.1) is 11.8 Å². The summed E-state index contributed by atoms with van der Waals surface area (Å²) in [6.07, 6.45) is 0.738. The maximum Gasteiger partial charge on any atom is 0.320 e. The molecule has 0 bridgehead atoms. The Labute approximate surface area is 90.9 Å². The van der Waals surface area contributed by atoms with Gasteiger partial charge in [-0.3, -0.25) is 9.59 Å². The maximum atomic E-state index is 11.5. The van der Waals surface area contributed by atoms with Crippen molar-refractivity contribution in [2.24, 2.45) is 11.8 Å². The molecule has 4 nitrogen and oxygen atoms in total. The second-order valence-corrected chi connectivity index (χ2v) is 3.37. The summed E-state index contributed by atoms with van der Waals surface area (Å²) >= 11 is 0. The van der Waals surface area contributed by atoms with Crippen molar-refractivity contribution in [3.8, 4) is 0 Å². The minimum Gasteiger partial charge on any atom is -0.465 e. The van der Waals surface area contributed by atoms with Crippen LogP contribution in [-0.2, 0) is 19.1 Å². The fraction of sp³-hybridized carbons (Fsp3) is 0.818. The fourth-order valence-corrected chi connectivity index (χ4v) is 1.26. The van der Waals surface area contributed by atoms with Gasteiger partial charge in [-0.1, -0.05) is 20.3 Å². The van der Waals surface area contributed by atoms with Gasteiger partial charge in [-0.25, -0.2) is 0 Å². The normalized spacial score (nSPS) is 12.3. The molecule has 0 aliphatic rings. The molecule has 0 unspecified atom stereocenters. The molecule has 0 amide bonds. The van der Waals surface area contributed by atoms with E-state index in [4.69, 9.17) is 9.47 Å². The molecule has 0 aliphatic heterocycles. The van der Waals surface area contributed by atoms with Crippen LogP contribution in [0.1, 0.15) is 34.1 Å². The highest BCUT2D eigenvalue weighted by molar-refractivity contribution is 5.95. The molecule has 0 aromatic carbocycles. The standard InChI is InChI=1S/C11H20O4/c1-5-8(4)9(10(12)14-6-2)11(13)15-7-3/h8-9H,5-7H2,1-4H3/t8-/m1/s1. The van der Waals surface area contributed by atoms with Crippen molar-refractivity contribution in [2.45, 2.75) is 34.1 Å². The Balaban J connectivity index is 4.56. The van der Waals surface area contributed by atoms with E-state index in [2.05, 4.69) is 0 Å². The third-order valence-corrected chi connectivity index (χ3v) is 2.29. The van der Waals surface area contributed by atoms with Gasteiger partial charge in [0.1, 0.15) is 0 Å². The van der Waals surface area contributed by atoms with Gasteiger partial charge in [0.25, 0.3) is 0 Å². The summed E-state index contributed by atoms with van der Waals surface area (Å²) < 4.78 is 9.71. The summed E-state index contributed by atoms with van der Waals surface area (Å²) in [5.74, 6) is -1.80. The Bertz CT molecular complexity index is 195. The molecular formula is C11H20O4. The van der Waals surface area contributed by atoms with Crippen molar-refractivity contribution in [3.63, 3.8) is 0 Å². The molecule has 0 aromatic rings. The predicted octanol–water partition coefficient (Wildman–Crippen LogP) is 1.77. The molecule has 0 aromatic heterocycles. The van der Waals surface area contributed by atoms with E-state index in [1.807, 2.05) is 13.8 Å². The van der Waals surface area contributed by atoms with Gasteiger partial charge in [0.05, 0.1) is 13.2 Å². The van der Waals surface area contributed by atoms with Gasteiger partial charge in [-0.2, -0.15) is 0 Å². The van der Waals surface area contributed by atoms with Crippen molar-refractivity contribution in [1.29, 1.82) is 0 Å². The molecule has 88 valence electrons. The quantitative estimate of drug-likeness (QED) is 0.501. The van der Waals surface area contributed by atoms with Gasteiger partial charge in [-0.15, -0.1) is 0 Å². The lowest BCUT2D eigenvalue weighted by Gasteiger charge is -2.19. The van der Waals surface area contributed by atoms with E-state index < -0.39 is 17.9 Å². The smallest absolute Gasteiger partial charge is 0.320 e. The zero-order valence-corrected chi connectivity index (χ0v) is 9.91. The lowest BCUT2D eigenvalue weighted by Crippen LogP contribution is -2.33. The molecule has 0 radical (unpaired) electrons. The first-order valence-corrected chi connectivity index (χ1v) is 5.41. The lowest BCUT2D eigenvalue weighted by atomic mass is 9.92. The number of esters is 2. The average Bonchev–Trinajstić information content (AvgIpc) is 2.18. The second kappa shape index (κ2) is 7.26. The highest BCUT2D eigenvalue weighted by Crippen LogP contribution is 2.18. The molecule has 0 heterocycles. The van der Waals surface area contributed by atoms with Crippen molar-refractivity contribution in [1.82, 2.24) is 0 Å². The van der Waals surface area contributed by atoms with Crippen molar-refractivity contribution in [2.75, 3.05) is 13.2 Å². The Hall–Kier alpha value is -1.06. The van der Waals surface area contributed by atoms with Crippen molar-refractivity contribution in [3.05, 3.63) is 0 Å². The summed E-state index contributed by atoms with van der Waals surface area (Å²) in [6.45, 7) is 7.78. The van der Waals surface area contributed by atoms with Gasteiger partial charge in [0, 0.05) is 0 Å². The highest BCUT2D eigenvalue weighted by Gasteiger charge is 2.33. The number of hydrogen-bond donors (Lipinski definition) is 0. The molecular weight excluding hydrogens is 196 g/mol. The third-order valence-electron chi connectivity index (χ3n) is 2.29. The monoisotopic (exact) mass is 216 g/mol. The second-order valence-electron chi connectivity index (χ2n) is 3.37. The van der Waals surface area contributed by atoms with Gasteiger partial charge < -0.3 is 9.47 Å². The Morgan fingerprint density at radius 2 is 1.40 bits per heavy atom. The first-order valence-electron chi connectivity index (χ1n) is 5.41. The van der Waals surface area contributed by atoms with Crippen LogP contribution >= 0.6 is 0 Å². The number of carbonyl (C=O) groups is 2. The summed E-state index contributed by atoms with van der Waals surface area (Å²) in [6, 6.07) is 0. The largest absolute Gasteiger partial charge is 0.465 e. The molecule has 0 aliphatic carbocycles. The van der Waals surface area contributed by atoms with Gasteiger partial charge in [0.2, 0.25) is 0 Å². The topological polar surface area (TPSA) is 52.6 Å². The SMILES string of the molecule is CCOC(=O)C(C(=O)OCC)[C@H](C)CC. The summed E-state index contributed by atoms with van der Waals surface area (Å²) in [7, 11) is 0. The first kappa shape index (κ1) is 13.9. The minimum atomic E-state index is -0.783.